The van der Waals surface area contributed by atoms with Gasteiger partial charge in [0, 0.05) is 18.1 Å². The molecule has 0 aliphatic carbocycles. The number of halogens is 3. The van der Waals surface area contributed by atoms with Crippen molar-refractivity contribution in [1.82, 2.24) is 4.90 Å². The van der Waals surface area contributed by atoms with E-state index >= 15 is 0 Å². The number of carbonyl (C=O) groups excluding carboxylic acids is 1. The molecule has 0 radical (unpaired) electrons. The fourth-order valence-corrected chi connectivity index (χ4v) is 4.48. The zero-order valence-corrected chi connectivity index (χ0v) is 14.6. The molecule has 1 heterocycles. The molecule has 0 spiro atoms. The molecule has 24 heavy (non-hydrogen) atoms. The highest BCUT2D eigenvalue weighted by molar-refractivity contribution is 7.92. The van der Waals surface area contributed by atoms with Crippen LogP contribution in [0.4, 0.5) is 4.39 Å². The van der Waals surface area contributed by atoms with Crippen LogP contribution in [-0.2, 0) is 9.84 Å². The highest BCUT2D eigenvalue weighted by Crippen LogP contribution is 2.27. The van der Waals surface area contributed by atoms with Gasteiger partial charge in [0.05, 0.1) is 15.5 Å². The summed E-state index contributed by atoms with van der Waals surface area (Å²) < 4.78 is 38.0. The van der Waals surface area contributed by atoms with E-state index in [0.29, 0.717) is 5.02 Å². The molecule has 0 atom stereocenters. The van der Waals surface area contributed by atoms with Crippen LogP contribution in [0.1, 0.15) is 10.4 Å². The lowest BCUT2D eigenvalue weighted by Crippen LogP contribution is -2.56. The SMILES string of the molecule is O=C(c1ccc(F)cc1Cl)N1CC(S(=O)(=O)c2ccc(Cl)cc2)C1. The number of hydrogen-bond acceptors (Lipinski definition) is 3. The monoisotopic (exact) mass is 387 g/mol. The lowest BCUT2D eigenvalue weighted by atomic mass is 10.1. The Kier molecular flexibility index (Phi) is 4.55. The highest BCUT2D eigenvalue weighted by Gasteiger charge is 2.41. The van der Waals surface area contributed by atoms with E-state index in [0.717, 1.165) is 12.1 Å². The molecule has 1 aliphatic heterocycles. The minimum atomic E-state index is -3.53. The van der Waals surface area contributed by atoms with Crippen molar-refractivity contribution in [2.24, 2.45) is 0 Å². The van der Waals surface area contributed by atoms with Crippen LogP contribution in [0.5, 0.6) is 0 Å². The molecule has 0 saturated carbocycles. The predicted octanol–water partition coefficient (Wildman–Crippen LogP) is 3.43. The third kappa shape index (κ3) is 3.14. The summed E-state index contributed by atoms with van der Waals surface area (Å²) in [6.07, 6.45) is 0. The topological polar surface area (TPSA) is 54.5 Å². The van der Waals surface area contributed by atoms with E-state index in [2.05, 4.69) is 0 Å². The summed E-state index contributed by atoms with van der Waals surface area (Å²) in [6.45, 7) is 0.134. The first-order chi connectivity index (χ1) is 11.3. The van der Waals surface area contributed by atoms with E-state index in [1.807, 2.05) is 0 Å². The van der Waals surface area contributed by atoms with E-state index in [-0.39, 0.29) is 28.6 Å². The van der Waals surface area contributed by atoms with Crippen LogP contribution >= 0.6 is 23.2 Å². The summed E-state index contributed by atoms with van der Waals surface area (Å²) in [4.78, 5) is 13.9. The van der Waals surface area contributed by atoms with Crippen molar-refractivity contribution in [2.45, 2.75) is 10.1 Å². The Balaban J connectivity index is 1.72. The normalized spacial score (nSPS) is 15.2. The van der Waals surface area contributed by atoms with Gasteiger partial charge in [-0.05, 0) is 42.5 Å². The molecule has 3 rings (SSSR count). The molecule has 0 N–H and O–H groups in total. The first-order valence-corrected chi connectivity index (χ1v) is 9.33. The summed E-state index contributed by atoms with van der Waals surface area (Å²) >= 11 is 11.6. The molecule has 1 amide bonds. The number of benzene rings is 2. The largest absolute Gasteiger partial charge is 0.336 e. The van der Waals surface area contributed by atoms with Gasteiger partial charge in [0.15, 0.2) is 9.84 Å². The summed E-state index contributed by atoms with van der Waals surface area (Å²) in [6, 6.07) is 9.39. The Hall–Kier alpha value is -1.63. The minimum absolute atomic E-state index is 0.00371. The van der Waals surface area contributed by atoms with Gasteiger partial charge >= 0.3 is 0 Å². The third-order valence-corrected chi connectivity index (χ3v) is 6.55. The average Bonchev–Trinajstić information content (AvgIpc) is 2.45. The molecular formula is C16H12Cl2FNO3S. The Morgan fingerprint density at radius 2 is 1.71 bits per heavy atom. The van der Waals surface area contributed by atoms with Crippen molar-refractivity contribution >= 4 is 38.9 Å². The van der Waals surface area contributed by atoms with Crippen LogP contribution in [0.25, 0.3) is 0 Å². The first kappa shape index (κ1) is 17.2. The molecule has 1 saturated heterocycles. The van der Waals surface area contributed by atoms with Gasteiger partial charge in [-0.2, -0.15) is 0 Å². The van der Waals surface area contributed by atoms with Crippen molar-refractivity contribution in [1.29, 1.82) is 0 Å². The van der Waals surface area contributed by atoms with Gasteiger partial charge in [-0.1, -0.05) is 23.2 Å². The van der Waals surface area contributed by atoms with Crippen molar-refractivity contribution in [3.63, 3.8) is 0 Å². The minimum Gasteiger partial charge on any atom is -0.336 e. The molecule has 0 aromatic heterocycles. The Morgan fingerprint density at radius 3 is 2.29 bits per heavy atom. The maximum Gasteiger partial charge on any atom is 0.255 e. The molecule has 0 bridgehead atoms. The van der Waals surface area contributed by atoms with Crippen LogP contribution in [0, 0.1) is 5.82 Å². The lowest BCUT2D eigenvalue weighted by Gasteiger charge is -2.38. The van der Waals surface area contributed by atoms with E-state index < -0.39 is 26.8 Å². The molecule has 2 aromatic rings. The summed E-state index contributed by atoms with van der Waals surface area (Å²) in [5.41, 5.74) is 0.153. The standard InChI is InChI=1S/C16H12Cl2FNO3S/c17-10-1-4-12(5-2-10)24(22,23)13-8-20(9-13)16(21)14-6-3-11(19)7-15(14)18/h1-7,13H,8-9H2. The smallest absolute Gasteiger partial charge is 0.255 e. The number of nitrogens with zero attached hydrogens (tertiary/aromatic N) is 1. The molecule has 8 heteroatoms. The first-order valence-electron chi connectivity index (χ1n) is 7.03. The van der Waals surface area contributed by atoms with Crippen molar-refractivity contribution in [3.8, 4) is 0 Å². The van der Waals surface area contributed by atoms with Gasteiger partial charge in [-0.3, -0.25) is 4.79 Å². The van der Waals surface area contributed by atoms with Crippen molar-refractivity contribution in [2.75, 3.05) is 13.1 Å². The van der Waals surface area contributed by atoms with Gasteiger partial charge < -0.3 is 4.90 Å². The Labute approximate surface area is 148 Å². The second-order valence-corrected chi connectivity index (χ2v) is 8.53. The zero-order valence-electron chi connectivity index (χ0n) is 12.2. The number of sulfone groups is 1. The van der Waals surface area contributed by atoms with Gasteiger partial charge in [-0.15, -0.1) is 0 Å². The Bertz CT molecular complexity index is 894. The Morgan fingerprint density at radius 1 is 1.08 bits per heavy atom. The average molecular weight is 388 g/mol. The van der Waals surface area contributed by atoms with Crippen LogP contribution in [0.15, 0.2) is 47.4 Å². The summed E-state index contributed by atoms with van der Waals surface area (Å²) in [7, 11) is -3.53. The van der Waals surface area contributed by atoms with Gasteiger partial charge in [0.25, 0.3) is 5.91 Å². The van der Waals surface area contributed by atoms with Crippen LogP contribution in [0.2, 0.25) is 10.0 Å². The molecule has 4 nitrogen and oxygen atoms in total. The van der Waals surface area contributed by atoms with E-state index in [1.165, 1.54) is 35.2 Å². The molecule has 1 fully saturated rings. The molecule has 2 aromatic carbocycles. The third-order valence-electron chi connectivity index (χ3n) is 3.88. The van der Waals surface area contributed by atoms with Crippen LogP contribution in [0.3, 0.4) is 0 Å². The number of likely N-dealkylation sites (tertiary alicyclic amines) is 1. The quantitative estimate of drug-likeness (QED) is 0.810. The molecular weight excluding hydrogens is 376 g/mol. The molecule has 126 valence electrons. The van der Waals surface area contributed by atoms with Crippen LogP contribution in [-0.4, -0.2) is 37.6 Å². The molecule has 0 unspecified atom stereocenters. The zero-order chi connectivity index (χ0) is 17.5. The summed E-state index contributed by atoms with van der Waals surface area (Å²) in [5.74, 6) is -0.953. The summed E-state index contributed by atoms with van der Waals surface area (Å²) in [5, 5.41) is -0.226. The van der Waals surface area contributed by atoms with Gasteiger partial charge in [0.1, 0.15) is 11.1 Å². The predicted molar refractivity (Wildman–Crippen MR) is 89.7 cm³/mol. The van der Waals surface area contributed by atoms with Crippen LogP contribution < -0.4 is 0 Å². The van der Waals surface area contributed by atoms with Gasteiger partial charge in [-0.25, -0.2) is 12.8 Å². The van der Waals surface area contributed by atoms with Crippen molar-refractivity contribution in [3.05, 3.63) is 63.9 Å². The number of hydrogen-bond donors (Lipinski definition) is 0. The number of amides is 1. The maximum absolute atomic E-state index is 13.0. The van der Waals surface area contributed by atoms with Gasteiger partial charge in [0.2, 0.25) is 0 Å². The fourth-order valence-electron chi connectivity index (χ4n) is 2.45. The lowest BCUT2D eigenvalue weighted by molar-refractivity contribution is 0.0659. The molecule has 1 aliphatic rings. The van der Waals surface area contributed by atoms with E-state index in [4.69, 9.17) is 23.2 Å². The second kappa shape index (κ2) is 6.35. The van der Waals surface area contributed by atoms with E-state index in [9.17, 15) is 17.6 Å². The fraction of sp³-hybridized carbons (Fsp3) is 0.188. The van der Waals surface area contributed by atoms with E-state index in [1.54, 1.807) is 0 Å². The second-order valence-electron chi connectivity index (χ2n) is 5.46. The maximum atomic E-state index is 13.0. The number of rotatable bonds is 3. The van der Waals surface area contributed by atoms with Crippen molar-refractivity contribution < 1.29 is 17.6 Å². The highest BCUT2D eigenvalue weighted by atomic mass is 35.5. The number of carbonyl (C=O) groups is 1.